The first-order chi connectivity index (χ1) is 13.6. The van der Waals surface area contributed by atoms with Crippen molar-refractivity contribution in [2.45, 2.75) is 57.0 Å². The van der Waals surface area contributed by atoms with Gasteiger partial charge in [-0.15, -0.1) is 0 Å². The smallest absolute Gasteiger partial charge is 0.247 e. The SMILES string of the molecule is C[C@]1(C(=O)NC2CCCCCC2)CN(S(C)(=O)=O)CC(=O)N1c1cccc(Cl)c1. The van der Waals surface area contributed by atoms with Crippen molar-refractivity contribution in [3.05, 3.63) is 29.3 Å². The fourth-order valence-corrected chi connectivity index (χ4v) is 5.20. The summed E-state index contributed by atoms with van der Waals surface area (Å²) in [5.74, 6) is -0.798. The minimum atomic E-state index is -3.64. The Kier molecular flexibility index (Phi) is 6.55. The maximum Gasteiger partial charge on any atom is 0.247 e. The van der Waals surface area contributed by atoms with Crippen LogP contribution in [-0.4, -0.2) is 55.5 Å². The van der Waals surface area contributed by atoms with Crippen LogP contribution in [0, 0.1) is 0 Å². The van der Waals surface area contributed by atoms with E-state index in [1.165, 1.54) is 4.90 Å². The quantitative estimate of drug-likeness (QED) is 0.727. The van der Waals surface area contributed by atoms with Crippen molar-refractivity contribution in [3.8, 4) is 0 Å². The van der Waals surface area contributed by atoms with Crippen molar-refractivity contribution in [2.24, 2.45) is 0 Å². The van der Waals surface area contributed by atoms with Crippen molar-refractivity contribution >= 4 is 39.1 Å². The molecule has 0 spiro atoms. The number of amides is 2. The third-order valence-electron chi connectivity index (χ3n) is 5.75. The van der Waals surface area contributed by atoms with Crippen LogP contribution >= 0.6 is 11.6 Å². The molecule has 2 amide bonds. The molecule has 1 aromatic carbocycles. The van der Waals surface area contributed by atoms with Gasteiger partial charge in [-0.2, -0.15) is 4.31 Å². The summed E-state index contributed by atoms with van der Waals surface area (Å²) in [6.07, 6.45) is 7.24. The van der Waals surface area contributed by atoms with Gasteiger partial charge in [0.2, 0.25) is 21.8 Å². The Morgan fingerprint density at radius 2 is 1.86 bits per heavy atom. The maximum atomic E-state index is 13.4. The monoisotopic (exact) mass is 441 g/mol. The highest BCUT2D eigenvalue weighted by atomic mass is 35.5. The molecular weight excluding hydrogens is 414 g/mol. The number of nitrogens with zero attached hydrogens (tertiary/aromatic N) is 2. The third kappa shape index (κ3) is 4.92. The molecule has 7 nitrogen and oxygen atoms in total. The van der Waals surface area contributed by atoms with E-state index in [1.54, 1.807) is 31.2 Å². The van der Waals surface area contributed by atoms with Gasteiger partial charge in [-0.3, -0.25) is 14.5 Å². The van der Waals surface area contributed by atoms with Gasteiger partial charge in [-0.1, -0.05) is 43.4 Å². The number of anilines is 1. The molecule has 0 bridgehead atoms. The van der Waals surface area contributed by atoms with E-state index in [-0.39, 0.29) is 25.0 Å². The number of halogens is 1. The zero-order valence-corrected chi connectivity index (χ0v) is 18.4. The number of carbonyl (C=O) groups excluding carboxylic acids is 2. The summed E-state index contributed by atoms with van der Waals surface area (Å²) in [6, 6.07) is 6.75. The van der Waals surface area contributed by atoms with Crippen LogP contribution in [-0.2, 0) is 19.6 Å². The molecule has 9 heteroatoms. The Morgan fingerprint density at radius 3 is 2.45 bits per heavy atom. The van der Waals surface area contributed by atoms with Crippen LogP contribution in [0.5, 0.6) is 0 Å². The summed E-state index contributed by atoms with van der Waals surface area (Å²) in [6.45, 7) is 1.20. The van der Waals surface area contributed by atoms with Gasteiger partial charge in [0.25, 0.3) is 0 Å². The van der Waals surface area contributed by atoms with Crippen molar-refractivity contribution in [1.29, 1.82) is 0 Å². The van der Waals surface area contributed by atoms with Crippen LogP contribution < -0.4 is 10.2 Å². The number of sulfonamides is 1. The lowest BCUT2D eigenvalue weighted by atomic mass is 9.93. The molecule has 1 heterocycles. The minimum Gasteiger partial charge on any atom is -0.351 e. The highest BCUT2D eigenvalue weighted by molar-refractivity contribution is 7.88. The maximum absolute atomic E-state index is 13.4. The fraction of sp³-hybridized carbons (Fsp3) is 0.600. The lowest BCUT2D eigenvalue weighted by Gasteiger charge is -2.47. The molecule has 1 aliphatic carbocycles. The molecule has 2 fully saturated rings. The first kappa shape index (κ1) is 22.1. The van der Waals surface area contributed by atoms with Gasteiger partial charge in [-0.25, -0.2) is 8.42 Å². The molecule has 1 aliphatic heterocycles. The zero-order valence-electron chi connectivity index (χ0n) is 16.9. The van der Waals surface area contributed by atoms with E-state index in [1.807, 2.05) is 0 Å². The molecular formula is C20H28ClN3O4S. The van der Waals surface area contributed by atoms with Gasteiger partial charge in [0, 0.05) is 23.3 Å². The molecule has 160 valence electrons. The molecule has 2 aliphatic rings. The molecule has 0 radical (unpaired) electrons. The van der Waals surface area contributed by atoms with Crippen LogP contribution in [0.1, 0.15) is 45.4 Å². The standard InChI is InChI=1S/C20H28ClN3O4S/c1-20(19(26)22-16-9-5-3-4-6-10-16)14-23(29(2,27)28)13-18(25)24(20)17-11-7-8-15(21)12-17/h7-8,11-12,16H,3-6,9-10,13-14H2,1-2H3,(H,22,26)/t20-/m1/s1. The number of hydrogen-bond donors (Lipinski definition) is 1. The Labute approximate surface area is 177 Å². The number of piperazine rings is 1. The summed E-state index contributed by atoms with van der Waals surface area (Å²) in [5, 5.41) is 3.53. The average molecular weight is 442 g/mol. The Balaban J connectivity index is 1.96. The van der Waals surface area contributed by atoms with Crippen LogP contribution in [0.4, 0.5) is 5.69 Å². The van der Waals surface area contributed by atoms with E-state index >= 15 is 0 Å². The second-order valence-corrected chi connectivity index (χ2v) is 10.6. The average Bonchev–Trinajstić information content (AvgIpc) is 2.89. The first-order valence-corrected chi connectivity index (χ1v) is 12.2. The van der Waals surface area contributed by atoms with E-state index < -0.39 is 21.5 Å². The number of benzene rings is 1. The number of carbonyl (C=O) groups is 2. The van der Waals surface area contributed by atoms with Gasteiger partial charge in [0.1, 0.15) is 5.54 Å². The van der Waals surface area contributed by atoms with Crippen molar-refractivity contribution in [2.75, 3.05) is 24.2 Å². The second-order valence-electron chi connectivity index (χ2n) is 8.18. The largest absolute Gasteiger partial charge is 0.351 e. The molecule has 1 N–H and O–H groups in total. The first-order valence-electron chi connectivity index (χ1n) is 9.96. The predicted molar refractivity (Wildman–Crippen MR) is 113 cm³/mol. The third-order valence-corrected chi connectivity index (χ3v) is 7.19. The molecule has 0 aromatic heterocycles. The molecule has 1 aromatic rings. The zero-order chi connectivity index (χ0) is 21.2. The molecule has 0 unspecified atom stereocenters. The van der Waals surface area contributed by atoms with Gasteiger partial charge in [0.05, 0.1) is 12.8 Å². The van der Waals surface area contributed by atoms with Crippen LogP contribution in [0.2, 0.25) is 5.02 Å². The summed E-state index contributed by atoms with van der Waals surface area (Å²) < 4.78 is 25.4. The summed E-state index contributed by atoms with van der Waals surface area (Å²) in [4.78, 5) is 27.9. The molecule has 1 saturated carbocycles. The number of hydrogen-bond acceptors (Lipinski definition) is 4. The molecule has 3 rings (SSSR count). The van der Waals surface area contributed by atoms with Gasteiger partial charge in [0.15, 0.2) is 0 Å². The topological polar surface area (TPSA) is 86.8 Å². The summed E-state index contributed by atoms with van der Waals surface area (Å²) >= 11 is 6.11. The second kappa shape index (κ2) is 8.62. The molecule has 29 heavy (non-hydrogen) atoms. The Hall–Kier alpha value is -1.64. The van der Waals surface area contributed by atoms with Gasteiger partial charge < -0.3 is 5.32 Å². The lowest BCUT2D eigenvalue weighted by Crippen LogP contribution is -2.70. The van der Waals surface area contributed by atoms with Gasteiger partial charge in [-0.05, 0) is 38.0 Å². The van der Waals surface area contributed by atoms with Crippen molar-refractivity contribution in [1.82, 2.24) is 9.62 Å². The van der Waals surface area contributed by atoms with E-state index in [0.717, 1.165) is 49.1 Å². The van der Waals surface area contributed by atoms with Crippen LogP contribution in [0.3, 0.4) is 0 Å². The van der Waals surface area contributed by atoms with E-state index in [0.29, 0.717) is 10.7 Å². The van der Waals surface area contributed by atoms with Crippen LogP contribution in [0.25, 0.3) is 0 Å². The fourth-order valence-electron chi connectivity index (χ4n) is 4.18. The minimum absolute atomic E-state index is 0.0340. The number of nitrogens with one attached hydrogen (secondary N) is 1. The lowest BCUT2D eigenvalue weighted by molar-refractivity contribution is -0.133. The number of rotatable bonds is 4. The van der Waals surface area contributed by atoms with Gasteiger partial charge >= 0.3 is 0 Å². The Morgan fingerprint density at radius 1 is 1.21 bits per heavy atom. The Bertz CT molecular complexity index is 883. The van der Waals surface area contributed by atoms with E-state index in [9.17, 15) is 18.0 Å². The van der Waals surface area contributed by atoms with Crippen LogP contribution in [0.15, 0.2) is 24.3 Å². The van der Waals surface area contributed by atoms with Crippen molar-refractivity contribution < 1.29 is 18.0 Å². The van der Waals surface area contributed by atoms with E-state index in [2.05, 4.69) is 5.32 Å². The normalized spacial score (nSPS) is 24.9. The highest BCUT2D eigenvalue weighted by Gasteiger charge is 2.50. The molecule has 1 saturated heterocycles. The summed E-state index contributed by atoms with van der Waals surface area (Å²) in [5.41, 5.74) is -0.899. The highest BCUT2D eigenvalue weighted by Crippen LogP contribution is 2.32. The predicted octanol–water partition coefficient (Wildman–Crippen LogP) is 2.55. The van der Waals surface area contributed by atoms with Crippen molar-refractivity contribution in [3.63, 3.8) is 0 Å². The molecule has 1 atom stereocenters. The summed E-state index contributed by atoms with van der Waals surface area (Å²) in [7, 11) is -3.64. The van der Waals surface area contributed by atoms with E-state index in [4.69, 9.17) is 11.6 Å².